The molecule has 1 saturated heterocycles. The van der Waals surface area contributed by atoms with E-state index in [1.165, 1.54) is 23.2 Å². The molecule has 0 bridgehead atoms. The van der Waals surface area contributed by atoms with E-state index in [0.29, 0.717) is 5.56 Å². The van der Waals surface area contributed by atoms with Gasteiger partial charge < -0.3 is 24.3 Å². The first-order chi connectivity index (χ1) is 21.2. The van der Waals surface area contributed by atoms with E-state index in [1.807, 2.05) is 0 Å². The molecule has 2 heterocycles. The van der Waals surface area contributed by atoms with Crippen LogP contribution in [0.1, 0.15) is 74.3 Å². The van der Waals surface area contributed by atoms with Gasteiger partial charge in [0, 0.05) is 30.8 Å². The average Bonchev–Trinajstić information content (AvgIpc) is 3.26. The monoisotopic (exact) mass is 692 g/mol. The SMILES string of the molecule is CC(C)(C)OC(=O)C1(NCc2ccccc2[N+](=O)[O-])C=CN([C@H]2C[C@@](O)([Si](C)(C)C(C)(C)C)[C@@H](CO[Si](C)(C)C(C)(C)C)O2)C(=O)N1. The molecule has 0 aromatic heterocycles. The van der Waals surface area contributed by atoms with E-state index in [-0.39, 0.29) is 35.3 Å². The van der Waals surface area contributed by atoms with E-state index in [2.05, 4.69) is 78.4 Å². The molecule has 14 heteroatoms. The fourth-order valence-electron chi connectivity index (χ4n) is 5.38. The number of carbonyl (C=O) groups excluding carboxylic acids is 2. The first-order valence-electron chi connectivity index (χ1n) is 16.2. The predicted molar refractivity (Wildman–Crippen MR) is 187 cm³/mol. The third-order valence-corrected chi connectivity index (χ3v) is 21.4. The van der Waals surface area contributed by atoms with Crippen LogP contribution in [0.25, 0.3) is 0 Å². The van der Waals surface area contributed by atoms with E-state index in [4.69, 9.17) is 13.9 Å². The van der Waals surface area contributed by atoms with Crippen LogP contribution < -0.4 is 10.6 Å². The standard InChI is InChI=1S/C33H56N4O8Si2/c1-29(2,3)45-27(38)32(34-21-23-16-14-15-17-24(23)37(41)42)18-19-36(28(39)35-32)26-20-33(40,46(10,11)30(4,5)6)25(44-26)22-43-47(12,13)31(7,8)9/h14-19,25-26,34,40H,20-22H2,1-13H3,(H,35,39)/t25-,26-,32?,33-/m1/s1. The number of esters is 1. The van der Waals surface area contributed by atoms with Gasteiger partial charge >= 0.3 is 12.0 Å². The Labute approximate surface area is 281 Å². The van der Waals surface area contributed by atoms with Gasteiger partial charge in [-0.1, -0.05) is 72.8 Å². The Hall–Kier alpha value is -2.63. The van der Waals surface area contributed by atoms with Crippen LogP contribution in [0.2, 0.25) is 36.3 Å². The number of nitrogens with zero attached hydrogens (tertiary/aromatic N) is 2. The normalized spacial score (nSPS) is 25.9. The number of nitrogens with one attached hydrogen (secondary N) is 2. The first-order valence-corrected chi connectivity index (χ1v) is 22.1. The molecule has 1 unspecified atom stereocenters. The van der Waals surface area contributed by atoms with Gasteiger partial charge in [0.1, 0.15) is 17.9 Å². The van der Waals surface area contributed by atoms with Crippen LogP contribution in [0.3, 0.4) is 0 Å². The fraction of sp³-hybridized carbons (Fsp3) is 0.697. The molecule has 3 rings (SSSR count). The second-order valence-electron chi connectivity index (χ2n) is 16.9. The number of nitro groups is 1. The molecule has 12 nitrogen and oxygen atoms in total. The molecule has 2 aliphatic heterocycles. The molecule has 4 atom stereocenters. The van der Waals surface area contributed by atoms with E-state index < -0.39 is 62.1 Å². The maximum absolute atomic E-state index is 13.9. The number of carbonyl (C=O) groups is 2. The van der Waals surface area contributed by atoms with Gasteiger partial charge in [0.25, 0.3) is 5.69 Å². The van der Waals surface area contributed by atoms with Gasteiger partial charge in [-0.25, -0.2) is 9.59 Å². The fourth-order valence-corrected chi connectivity index (χ4v) is 9.33. The minimum atomic E-state index is -2.52. The highest BCUT2D eigenvalue weighted by atomic mass is 28.4. The molecule has 2 aliphatic rings. The highest BCUT2D eigenvalue weighted by molar-refractivity contribution is 6.83. The highest BCUT2D eigenvalue weighted by Crippen LogP contribution is 2.50. The zero-order chi connectivity index (χ0) is 36.0. The van der Waals surface area contributed by atoms with Gasteiger partial charge in [0.05, 0.1) is 24.8 Å². The van der Waals surface area contributed by atoms with Crippen LogP contribution in [0.4, 0.5) is 10.5 Å². The minimum Gasteiger partial charge on any atom is -0.457 e. The summed E-state index contributed by atoms with van der Waals surface area (Å²) in [5, 5.41) is 28.5. The van der Waals surface area contributed by atoms with Crippen LogP contribution in [0.15, 0.2) is 36.5 Å². The Balaban J connectivity index is 1.99. The van der Waals surface area contributed by atoms with Crippen molar-refractivity contribution in [2.45, 2.75) is 140 Å². The summed E-state index contributed by atoms with van der Waals surface area (Å²) in [5.41, 5.74) is -2.51. The molecule has 1 aromatic carbocycles. The van der Waals surface area contributed by atoms with E-state index >= 15 is 0 Å². The summed E-state index contributed by atoms with van der Waals surface area (Å²) in [4.78, 5) is 40.0. The van der Waals surface area contributed by atoms with Gasteiger partial charge in [-0.2, -0.15) is 0 Å². The lowest BCUT2D eigenvalue weighted by atomic mass is 10.1. The summed E-state index contributed by atoms with van der Waals surface area (Å²) in [5.74, 6) is -0.779. The van der Waals surface area contributed by atoms with E-state index in [9.17, 15) is 24.8 Å². The number of rotatable bonds is 10. The second-order valence-corrected chi connectivity index (χ2v) is 27.3. The van der Waals surface area contributed by atoms with Gasteiger partial charge in [-0.15, -0.1) is 0 Å². The maximum Gasteiger partial charge on any atom is 0.352 e. The smallest absolute Gasteiger partial charge is 0.352 e. The largest absolute Gasteiger partial charge is 0.457 e. The van der Waals surface area contributed by atoms with Gasteiger partial charge in [0.15, 0.2) is 8.32 Å². The molecule has 264 valence electrons. The molecular formula is C33H56N4O8Si2. The van der Waals surface area contributed by atoms with Crippen LogP contribution in [0, 0.1) is 10.1 Å². The van der Waals surface area contributed by atoms with Crippen molar-refractivity contribution in [3.63, 3.8) is 0 Å². The average molecular weight is 693 g/mol. The number of hydrogen-bond acceptors (Lipinski definition) is 9. The lowest BCUT2D eigenvalue weighted by Crippen LogP contribution is -2.68. The number of urea groups is 1. The Bertz CT molecular complexity index is 1380. The quantitative estimate of drug-likeness (QED) is 0.113. The molecular weight excluding hydrogens is 637 g/mol. The summed E-state index contributed by atoms with van der Waals surface area (Å²) in [6.45, 7) is 26.6. The lowest BCUT2D eigenvalue weighted by Gasteiger charge is -2.49. The molecule has 47 heavy (non-hydrogen) atoms. The van der Waals surface area contributed by atoms with E-state index in [1.54, 1.807) is 39.0 Å². The zero-order valence-electron chi connectivity index (χ0n) is 30.4. The third-order valence-electron chi connectivity index (χ3n) is 10.5. The number of nitro benzene ring substituents is 1. The summed E-state index contributed by atoms with van der Waals surface area (Å²) in [6, 6.07) is 5.52. The second kappa shape index (κ2) is 13.0. The van der Waals surface area contributed by atoms with Crippen molar-refractivity contribution in [1.29, 1.82) is 0 Å². The number of amides is 2. The van der Waals surface area contributed by atoms with E-state index in [0.717, 1.165) is 0 Å². The number of aliphatic hydroxyl groups is 1. The van der Waals surface area contributed by atoms with Crippen LogP contribution in [-0.4, -0.2) is 78.7 Å². The van der Waals surface area contributed by atoms with Crippen molar-refractivity contribution < 1.29 is 33.5 Å². The van der Waals surface area contributed by atoms with Gasteiger partial charge in [0.2, 0.25) is 5.66 Å². The van der Waals surface area contributed by atoms with Crippen molar-refractivity contribution in [3.8, 4) is 0 Å². The Morgan fingerprint density at radius 2 is 1.70 bits per heavy atom. The Morgan fingerprint density at radius 3 is 2.21 bits per heavy atom. The number of benzene rings is 1. The molecule has 1 aromatic rings. The van der Waals surface area contributed by atoms with Crippen LogP contribution in [0.5, 0.6) is 0 Å². The van der Waals surface area contributed by atoms with Crippen LogP contribution >= 0.6 is 0 Å². The molecule has 1 fully saturated rings. The van der Waals surface area contributed by atoms with Gasteiger partial charge in [-0.05, 0) is 50.0 Å². The molecule has 0 saturated carbocycles. The number of hydrogen-bond donors (Lipinski definition) is 3. The Morgan fingerprint density at radius 1 is 1.11 bits per heavy atom. The number of ether oxygens (including phenoxy) is 2. The molecule has 0 radical (unpaired) electrons. The minimum absolute atomic E-state index is 0.0479. The summed E-state index contributed by atoms with van der Waals surface area (Å²) in [6.07, 6.45) is 1.56. The first kappa shape index (κ1) is 38.8. The summed E-state index contributed by atoms with van der Waals surface area (Å²) < 4.78 is 18.8. The van der Waals surface area contributed by atoms with Crippen molar-refractivity contribution in [2.75, 3.05) is 6.61 Å². The molecule has 0 spiro atoms. The Kier molecular flexibility index (Phi) is 10.7. The molecule has 0 aliphatic carbocycles. The van der Waals surface area contributed by atoms with Crippen molar-refractivity contribution in [2.24, 2.45) is 0 Å². The van der Waals surface area contributed by atoms with Crippen molar-refractivity contribution >= 4 is 34.1 Å². The molecule has 3 N–H and O–H groups in total. The predicted octanol–water partition coefficient (Wildman–Crippen LogP) is 6.18. The maximum atomic E-state index is 13.9. The third kappa shape index (κ3) is 7.99. The van der Waals surface area contributed by atoms with Crippen molar-refractivity contribution in [1.82, 2.24) is 15.5 Å². The summed E-state index contributed by atoms with van der Waals surface area (Å²) in [7, 11) is -4.72. The summed E-state index contributed by atoms with van der Waals surface area (Å²) >= 11 is 0. The lowest BCUT2D eigenvalue weighted by molar-refractivity contribution is -0.385. The van der Waals surface area contributed by atoms with Gasteiger partial charge in [-0.3, -0.25) is 20.3 Å². The topological polar surface area (TPSA) is 152 Å². The van der Waals surface area contributed by atoms with Crippen LogP contribution in [-0.2, 0) is 25.2 Å². The highest BCUT2D eigenvalue weighted by Gasteiger charge is 2.63. The zero-order valence-corrected chi connectivity index (χ0v) is 32.4. The number of para-hydroxylation sites is 1. The molecule has 2 amide bonds. The van der Waals surface area contributed by atoms with Crippen molar-refractivity contribution in [3.05, 3.63) is 52.2 Å².